The first-order valence-electron chi connectivity index (χ1n) is 32.7. The van der Waals surface area contributed by atoms with Gasteiger partial charge in [-0.1, -0.05) is 301 Å². The Bertz CT molecular complexity index is 1270. The minimum atomic E-state index is -1.57. The van der Waals surface area contributed by atoms with Crippen LogP contribution in [0.25, 0.3) is 0 Å². The van der Waals surface area contributed by atoms with Crippen molar-refractivity contribution in [3.05, 3.63) is 36.5 Å². The molecule has 1 rings (SSSR count). The molecule has 1 heterocycles. The highest BCUT2D eigenvalue weighted by Gasteiger charge is 2.44. The fourth-order valence-electron chi connectivity index (χ4n) is 10.5. The first-order chi connectivity index (χ1) is 36.8. The highest BCUT2D eigenvalue weighted by atomic mass is 16.7. The van der Waals surface area contributed by atoms with Gasteiger partial charge in [-0.25, -0.2) is 0 Å². The topological polar surface area (TPSA) is 149 Å². The van der Waals surface area contributed by atoms with Crippen LogP contribution < -0.4 is 5.32 Å². The van der Waals surface area contributed by atoms with E-state index in [-0.39, 0.29) is 12.5 Å². The predicted octanol–water partition coefficient (Wildman–Crippen LogP) is 17.1. The van der Waals surface area contributed by atoms with E-state index in [0.29, 0.717) is 6.42 Å². The van der Waals surface area contributed by atoms with Gasteiger partial charge < -0.3 is 40.3 Å². The third kappa shape index (κ3) is 44.9. The molecule has 1 saturated heterocycles. The third-order valence-electron chi connectivity index (χ3n) is 15.7. The predicted molar refractivity (Wildman–Crippen MR) is 318 cm³/mol. The molecule has 0 saturated carbocycles. The number of hydrogen-bond donors (Lipinski definition) is 6. The van der Waals surface area contributed by atoms with E-state index in [1.54, 1.807) is 6.08 Å². The van der Waals surface area contributed by atoms with E-state index in [0.717, 1.165) is 44.9 Å². The van der Waals surface area contributed by atoms with E-state index in [9.17, 15) is 30.3 Å². The summed E-state index contributed by atoms with van der Waals surface area (Å²) in [6, 6.07) is -0.807. The molecule has 0 aromatic rings. The van der Waals surface area contributed by atoms with Crippen LogP contribution in [0.1, 0.15) is 322 Å². The molecular formula is C66H125NO8. The summed E-state index contributed by atoms with van der Waals surface area (Å²) in [4.78, 5) is 13.1. The zero-order valence-corrected chi connectivity index (χ0v) is 49.3. The summed E-state index contributed by atoms with van der Waals surface area (Å²) in [5, 5.41) is 54.7. The van der Waals surface area contributed by atoms with Crippen molar-refractivity contribution in [1.29, 1.82) is 0 Å². The van der Waals surface area contributed by atoms with Crippen LogP contribution in [-0.4, -0.2) is 87.5 Å². The summed E-state index contributed by atoms with van der Waals surface area (Å²) < 4.78 is 11.3. The molecule has 1 fully saturated rings. The van der Waals surface area contributed by atoms with Crippen LogP contribution in [0, 0.1) is 0 Å². The van der Waals surface area contributed by atoms with E-state index < -0.39 is 49.5 Å². The average Bonchev–Trinajstić information content (AvgIpc) is 3.41. The monoisotopic (exact) mass is 1060 g/mol. The Morgan fingerprint density at radius 3 is 1.15 bits per heavy atom. The van der Waals surface area contributed by atoms with E-state index in [1.807, 2.05) is 6.08 Å². The molecule has 75 heavy (non-hydrogen) atoms. The second kappa shape index (κ2) is 55.7. The van der Waals surface area contributed by atoms with Crippen molar-refractivity contribution in [2.45, 2.75) is 365 Å². The van der Waals surface area contributed by atoms with Crippen molar-refractivity contribution in [2.75, 3.05) is 13.2 Å². The molecule has 1 amide bonds. The second-order valence-corrected chi connectivity index (χ2v) is 22.9. The number of nitrogens with one attached hydrogen (secondary N) is 1. The fourth-order valence-corrected chi connectivity index (χ4v) is 10.5. The molecule has 0 aromatic heterocycles. The van der Waals surface area contributed by atoms with Gasteiger partial charge in [0, 0.05) is 6.42 Å². The Labute approximate surface area is 463 Å². The fraction of sp³-hybridized carbons (Fsp3) is 0.894. The van der Waals surface area contributed by atoms with Crippen LogP contribution in [0.4, 0.5) is 0 Å². The van der Waals surface area contributed by atoms with Crippen LogP contribution >= 0.6 is 0 Å². The Hall–Kier alpha value is -1.59. The molecule has 1 aliphatic rings. The summed E-state index contributed by atoms with van der Waals surface area (Å²) in [7, 11) is 0. The number of allylic oxidation sites excluding steroid dienone is 5. The Kier molecular flexibility index (Phi) is 53.1. The lowest BCUT2D eigenvalue weighted by Gasteiger charge is -2.40. The molecule has 7 atom stereocenters. The highest BCUT2D eigenvalue weighted by Crippen LogP contribution is 2.23. The van der Waals surface area contributed by atoms with E-state index >= 15 is 0 Å². The maximum absolute atomic E-state index is 13.1. The van der Waals surface area contributed by atoms with Crippen molar-refractivity contribution in [3.8, 4) is 0 Å². The van der Waals surface area contributed by atoms with Crippen molar-refractivity contribution in [2.24, 2.45) is 0 Å². The number of ether oxygens (including phenoxy) is 2. The van der Waals surface area contributed by atoms with Gasteiger partial charge in [0.25, 0.3) is 0 Å². The van der Waals surface area contributed by atoms with Gasteiger partial charge in [0.2, 0.25) is 5.91 Å². The number of rotatable bonds is 57. The standard InChI is InChI=1S/C66H125NO8/c1-3-5-7-9-11-13-15-17-19-21-23-25-27-28-29-30-31-32-34-35-37-39-41-43-45-47-49-51-53-55-60(69)59(58-74-66-65(73)64(72)63(71)61(57-68)75-66)67-62(70)56-54-52-50-48-46-44-42-40-38-36-33-26-24-22-20-18-16-14-12-10-8-6-4-2/h16,18,22,24,53,55,59-61,63-66,68-69,71-73H,3-15,17,19-21,23,25-52,54,56-58H2,1-2H3,(H,67,70)/b18-16-,24-22-,55-53+. The lowest BCUT2D eigenvalue weighted by Crippen LogP contribution is -2.60. The maximum atomic E-state index is 13.1. The number of amides is 1. The molecule has 0 bridgehead atoms. The summed E-state index contributed by atoms with van der Waals surface area (Å²) in [6.07, 6.45) is 66.6. The normalized spacial score (nSPS) is 19.1. The highest BCUT2D eigenvalue weighted by molar-refractivity contribution is 5.76. The van der Waals surface area contributed by atoms with Gasteiger partial charge in [-0.2, -0.15) is 0 Å². The molecular weight excluding hydrogens is 935 g/mol. The molecule has 9 nitrogen and oxygen atoms in total. The van der Waals surface area contributed by atoms with Gasteiger partial charge in [0.1, 0.15) is 24.4 Å². The zero-order valence-electron chi connectivity index (χ0n) is 49.3. The van der Waals surface area contributed by atoms with Crippen molar-refractivity contribution in [3.63, 3.8) is 0 Å². The SMILES string of the molecule is CCCCCCC/C=C\C/C=C\CCCCCCCCCCCCCC(=O)NC(COC1OC(CO)C(O)C(O)C1O)C(O)/C=C/CCCCCCCCCCCCCCCCCCCCCCCCCCCCC. The molecule has 1 aliphatic heterocycles. The van der Waals surface area contributed by atoms with Gasteiger partial charge >= 0.3 is 0 Å². The molecule has 0 aromatic carbocycles. The first kappa shape index (κ1) is 71.4. The molecule has 6 N–H and O–H groups in total. The largest absolute Gasteiger partial charge is 0.394 e. The summed E-state index contributed by atoms with van der Waals surface area (Å²) in [5.41, 5.74) is 0. The summed E-state index contributed by atoms with van der Waals surface area (Å²) >= 11 is 0. The Morgan fingerprint density at radius 2 is 0.787 bits per heavy atom. The lowest BCUT2D eigenvalue weighted by molar-refractivity contribution is -0.302. The smallest absolute Gasteiger partial charge is 0.220 e. The van der Waals surface area contributed by atoms with E-state index in [2.05, 4.69) is 43.5 Å². The van der Waals surface area contributed by atoms with Crippen LogP contribution in [0.3, 0.4) is 0 Å². The first-order valence-corrected chi connectivity index (χ1v) is 32.7. The lowest BCUT2D eigenvalue weighted by atomic mass is 9.99. The number of unbranched alkanes of at least 4 members (excludes halogenated alkanes) is 43. The molecule has 7 unspecified atom stereocenters. The Morgan fingerprint density at radius 1 is 0.453 bits per heavy atom. The van der Waals surface area contributed by atoms with Gasteiger partial charge in [-0.15, -0.1) is 0 Å². The quantitative estimate of drug-likeness (QED) is 0.0261. The number of carbonyl (C=O) groups is 1. The summed E-state index contributed by atoms with van der Waals surface area (Å²) in [5.74, 6) is -0.175. The third-order valence-corrected chi connectivity index (χ3v) is 15.7. The number of carbonyl (C=O) groups excluding carboxylic acids is 1. The number of aliphatic hydroxyl groups is 5. The minimum Gasteiger partial charge on any atom is -0.394 e. The van der Waals surface area contributed by atoms with Gasteiger partial charge in [0.05, 0.1) is 25.4 Å². The van der Waals surface area contributed by atoms with Gasteiger partial charge in [-0.05, 0) is 51.4 Å². The van der Waals surface area contributed by atoms with Crippen molar-refractivity contribution in [1.82, 2.24) is 5.32 Å². The molecule has 442 valence electrons. The van der Waals surface area contributed by atoms with Gasteiger partial charge in [-0.3, -0.25) is 4.79 Å². The van der Waals surface area contributed by atoms with Crippen LogP contribution in [-0.2, 0) is 14.3 Å². The second-order valence-electron chi connectivity index (χ2n) is 22.9. The Balaban J connectivity index is 2.16. The van der Waals surface area contributed by atoms with Crippen molar-refractivity contribution >= 4 is 5.91 Å². The molecule has 0 radical (unpaired) electrons. The summed E-state index contributed by atoms with van der Waals surface area (Å²) in [6.45, 7) is 3.81. The van der Waals surface area contributed by atoms with Crippen LogP contribution in [0.15, 0.2) is 36.5 Å². The average molecular weight is 1060 g/mol. The van der Waals surface area contributed by atoms with Crippen molar-refractivity contribution < 1.29 is 39.8 Å². The number of hydrogen-bond acceptors (Lipinski definition) is 8. The molecule has 0 spiro atoms. The van der Waals surface area contributed by atoms with Crippen LogP contribution in [0.2, 0.25) is 0 Å². The minimum absolute atomic E-state index is 0.175. The van der Waals surface area contributed by atoms with Crippen LogP contribution in [0.5, 0.6) is 0 Å². The van der Waals surface area contributed by atoms with E-state index in [4.69, 9.17) is 9.47 Å². The zero-order chi connectivity index (χ0) is 54.3. The number of aliphatic hydroxyl groups excluding tert-OH is 5. The van der Waals surface area contributed by atoms with Gasteiger partial charge in [0.15, 0.2) is 6.29 Å². The molecule has 9 heteroatoms. The van der Waals surface area contributed by atoms with E-state index in [1.165, 1.54) is 257 Å². The maximum Gasteiger partial charge on any atom is 0.220 e. The molecule has 0 aliphatic carbocycles.